The Kier molecular flexibility index (Phi) is 6.29. The molecule has 1 aromatic heterocycles. The average molecular weight is 345 g/mol. The number of nitrogens with zero attached hydrogens (tertiary/aromatic N) is 4. The van der Waals surface area contributed by atoms with E-state index in [9.17, 15) is 4.79 Å². The molecule has 0 aliphatic carbocycles. The second-order valence-electron chi connectivity index (χ2n) is 7.92. The Morgan fingerprint density at radius 2 is 2.00 bits per heavy atom. The molecule has 138 valence electrons. The zero-order valence-electron chi connectivity index (χ0n) is 15.7. The summed E-state index contributed by atoms with van der Waals surface area (Å²) in [6.45, 7) is 11.5. The lowest BCUT2D eigenvalue weighted by atomic mass is 9.96. The normalized spacial score (nSPS) is 22.4. The highest BCUT2D eigenvalue weighted by atomic mass is 16.2. The molecule has 0 saturated carbocycles. The molecule has 3 rings (SSSR count). The van der Waals surface area contributed by atoms with Crippen molar-refractivity contribution in [2.45, 2.75) is 33.1 Å². The van der Waals surface area contributed by atoms with Crippen molar-refractivity contribution in [1.29, 1.82) is 0 Å². The second kappa shape index (κ2) is 8.65. The van der Waals surface area contributed by atoms with Crippen molar-refractivity contribution >= 4 is 11.7 Å². The lowest BCUT2D eigenvalue weighted by Gasteiger charge is -2.39. The van der Waals surface area contributed by atoms with Crippen LogP contribution in [-0.2, 0) is 4.79 Å². The maximum Gasteiger partial charge on any atom is 0.222 e. The van der Waals surface area contributed by atoms with Gasteiger partial charge in [0.1, 0.15) is 5.82 Å². The first-order chi connectivity index (χ1) is 12.1. The highest BCUT2D eigenvalue weighted by Gasteiger charge is 2.27. The molecule has 0 bridgehead atoms. The summed E-state index contributed by atoms with van der Waals surface area (Å²) in [5.41, 5.74) is 0. The summed E-state index contributed by atoms with van der Waals surface area (Å²) >= 11 is 0. The van der Waals surface area contributed by atoms with Gasteiger partial charge in [0.15, 0.2) is 0 Å². The van der Waals surface area contributed by atoms with E-state index >= 15 is 0 Å². The van der Waals surface area contributed by atoms with Crippen LogP contribution in [0.3, 0.4) is 0 Å². The molecule has 0 radical (unpaired) electrons. The van der Waals surface area contributed by atoms with Crippen molar-refractivity contribution in [2.75, 3.05) is 50.7 Å². The van der Waals surface area contributed by atoms with Crippen LogP contribution in [0.4, 0.5) is 5.82 Å². The van der Waals surface area contributed by atoms with Crippen molar-refractivity contribution in [3.8, 4) is 0 Å². The van der Waals surface area contributed by atoms with Crippen LogP contribution >= 0.6 is 0 Å². The SMILES string of the molecule is CC(C)CC(=O)N1CCCC(CN2CCN(c3ccccn3)CC2)C1. The standard InChI is InChI=1S/C20H32N4O/c1-17(2)14-20(25)24-9-5-6-18(16-24)15-22-10-12-23(13-11-22)19-7-3-4-8-21-19/h3-4,7-8,17-18H,5-6,9-16H2,1-2H3. The van der Waals surface area contributed by atoms with Crippen LogP contribution in [0.25, 0.3) is 0 Å². The predicted molar refractivity (Wildman–Crippen MR) is 102 cm³/mol. The van der Waals surface area contributed by atoms with Gasteiger partial charge in [0, 0.05) is 58.4 Å². The van der Waals surface area contributed by atoms with E-state index in [4.69, 9.17) is 0 Å². The van der Waals surface area contributed by atoms with Gasteiger partial charge < -0.3 is 9.80 Å². The highest BCUT2D eigenvalue weighted by Crippen LogP contribution is 2.21. The molecule has 0 N–H and O–H groups in total. The molecule has 25 heavy (non-hydrogen) atoms. The Hall–Kier alpha value is -1.62. The van der Waals surface area contributed by atoms with E-state index in [1.165, 1.54) is 6.42 Å². The molecule has 1 aromatic rings. The molecule has 2 aliphatic rings. The minimum absolute atomic E-state index is 0.347. The van der Waals surface area contributed by atoms with Crippen LogP contribution in [0.15, 0.2) is 24.4 Å². The first kappa shape index (κ1) is 18.2. The van der Waals surface area contributed by atoms with Crippen LogP contribution in [0.2, 0.25) is 0 Å². The summed E-state index contributed by atoms with van der Waals surface area (Å²) < 4.78 is 0. The highest BCUT2D eigenvalue weighted by molar-refractivity contribution is 5.76. The number of piperazine rings is 1. The number of hydrogen-bond acceptors (Lipinski definition) is 4. The van der Waals surface area contributed by atoms with E-state index < -0.39 is 0 Å². The van der Waals surface area contributed by atoms with E-state index in [2.05, 4.69) is 45.7 Å². The number of aromatic nitrogens is 1. The first-order valence-electron chi connectivity index (χ1n) is 9.78. The molecule has 1 amide bonds. The zero-order chi connectivity index (χ0) is 17.6. The number of carbonyl (C=O) groups excluding carboxylic acids is 1. The molecular formula is C20H32N4O. The number of likely N-dealkylation sites (tertiary alicyclic amines) is 1. The molecule has 3 heterocycles. The maximum absolute atomic E-state index is 12.3. The summed E-state index contributed by atoms with van der Waals surface area (Å²) in [5, 5.41) is 0. The van der Waals surface area contributed by atoms with Gasteiger partial charge in [-0.05, 0) is 36.8 Å². The molecular weight excluding hydrogens is 312 g/mol. The number of carbonyl (C=O) groups is 1. The second-order valence-corrected chi connectivity index (χ2v) is 7.92. The molecule has 0 aromatic carbocycles. The largest absolute Gasteiger partial charge is 0.354 e. The Balaban J connectivity index is 1.45. The van der Waals surface area contributed by atoms with Crippen molar-refractivity contribution in [1.82, 2.24) is 14.8 Å². The molecule has 5 heteroatoms. The van der Waals surface area contributed by atoms with Gasteiger partial charge in [-0.3, -0.25) is 9.69 Å². The Labute approximate surface area is 152 Å². The number of rotatable bonds is 5. The quantitative estimate of drug-likeness (QED) is 0.823. The average Bonchev–Trinajstić information content (AvgIpc) is 2.63. The van der Waals surface area contributed by atoms with Crippen LogP contribution < -0.4 is 4.90 Å². The third-order valence-corrected chi connectivity index (χ3v) is 5.32. The fraction of sp³-hybridized carbons (Fsp3) is 0.700. The van der Waals surface area contributed by atoms with Gasteiger partial charge in [0.25, 0.3) is 0 Å². The summed E-state index contributed by atoms with van der Waals surface area (Å²) in [7, 11) is 0. The van der Waals surface area contributed by atoms with Gasteiger partial charge >= 0.3 is 0 Å². The summed E-state index contributed by atoms with van der Waals surface area (Å²) in [4.78, 5) is 23.9. The molecule has 1 unspecified atom stereocenters. The van der Waals surface area contributed by atoms with E-state index in [0.29, 0.717) is 24.2 Å². The predicted octanol–water partition coefficient (Wildman–Crippen LogP) is 2.49. The lowest BCUT2D eigenvalue weighted by molar-refractivity contribution is -0.133. The zero-order valence-corrected chi connectivity index (χ0v) is 15.7. The van der Waals surface area contributed by atoms with E-state index in [1.54, 1.807) is 0 Å². The van der Waals surface area contributed by atoms with Crippen molar-refractivity contribution in [2.24, 2.45) is 11.8 Å². The van der Waals surface area contributed by atoms with Crippen LogP contribution in [0.1, 0.15) is 33.1 Å². The summed E-state index contributed by atoms with van der Waals surface area (Å²) in [5.74, 6) is 2.52. The van der Waals surface area contributed by atoms with Gasteiger partial charge in [-0.2, -0.15) is 0 Å². The molecule has 2 fully saturated rings. The van der Waals surface area contributed by atoms with Crippen LogP contribution in [0, 0.1) is 11.8 Å². The van der Waals surface area contributed by atoms with E-state index in [0.717, 1.165) is 58.1 Å². The van der Waals surface area contributed by atoms with E-state index in [-0.39, 0.29) is 0 Å². The third kappa shape index (κ3) is 5.18. The topological polar surface area (TPSA) is 39.7 Å². The Bertz CT molecular complexity index is 540. The maximum atomic E-state index is 12.3. The Morgan fingerprint density at radius 1 is 1.20 bits per heavy atom. The first-order valence-corrected chi connectivity index (χ1v) is 9.78. The molecule has 2 aliphatic heterocycles. The minimum atomic E-state index is 0.347. The van der Waals surface area contributed by atoms with Crippen LogP contribution in [0.5, 0.6) is 0 Å². The summed E-state index contributed by atoms with van der Waals surface area (Å²) in [6, 6.07) is 6.11. The van der Waals surface area contributed by atoms with Gasteiger partial charge in [-0.15, -0.1) is 0 Å². The smallest absolute Gasteiger partial charge is 0.222 e. The fourth-order valence-corrected chi connectivity index (χ4v) is 3.98. The fourth-order valence-electron chi connectivity index (χ4n) is 3.98. The number of piperidine rings is 1. The van der Waals surface area contributed by atoms with Gasteiger partial charge in [-0.1, -0.05) is 19.9 Å². The molecule has 0 spiro atoms. The molecule has 1 atom stereocenters. The third-order valence-electron chi connectivity index (χ3n) is 5.32. The molecule has 5 nitrogen and oxygen atoms in total. The Morgan fingerprint density at radius 3 is 2.68 bits per heavy atom. The van der Waals surface area contributed by atoms with Crippen molar-refractivity contribution < 1.29 is 4.79 Å². The van der Waals surface area contributed by atoms with Gasteiger partial charge in [-0.25, -0.2) is 4.98 Å². The van der Waals surface area contributed by atoms with Crippen LogP contribution in [-0.4, -0.2) is 66.5 Å². The van der Waals surface area contributed by atoms with Gasteiger partial charge in [0.05, 0.1) is 0 Å². The van der Waals surface area contributed by atoms with Crippen molar-refractivity contribution in [3.05, 3.63) is 24.4 Å². The van der Waals surface area contributed by atoms with Gasteiger partial charge in [0.2, 0.25) is 5.91 Å². The monoisotopic (exact) mass is 344 g/mol. The number of anilines is 1. The number of hydrogen-bond donors (Lipinski definition) is 0. The minimum Gasteiger partial charge on any atom is -0.354 e. The lowest BCUT2D eigenvalue weighted by Crippen LogP contribution is -2.50. The van der Waals surface area contributed by atoms with E-state index in [1.807, 2.05) is 12.3 Å². The summed E-state index contributed by atoms with van der Waals surface area (Å²) in [6.07, 6.45) is 4.97. The van der Waals surface area contributed by atoms with Crippen molar-refractivity contribution in [3.63, 3.8) is 0 Å². The number of pyridine rings is 1. The number of amides is 1. The molecule has 2 saturated heterocycles.